The Kier molecular flexibility index (Phi) is 4.48. The summed E-state index contributed by atoms with van der Waals surface area (Å²) in [7, 11) is 0. The van der Waals surface area contributed by atoms with Gasteiger partial charge in [0.1, 0.15) is 0 Å². The molecule has 1 aromatic rings. The average molecular weight is 220 g/mol. The van der Waals surface area contributed by atoms with E-state index in [4.69, 9.17) is 0 Å². The molecule has 2 nitrogen and oxygen atoms in total. The highest BCUT2D eigenvalue weighted by Crippen LogP contribution is 2.25. The molecule has 0 aliphatic rings. The van der Waals surface area contributed by atoms with Gasteiger partial charge in [-0.1, -0.05) is 33.8 Å². The van der Waals surface area contributed by atoms with Gasteiger partial charge in [0.2, 0.25) is 0 Å². The largest absolute Gasteiger partial charge is 0.315 e. The van der Waals surface area contributed by atoms with Crippen LogP contribution < -0.4 is 5.32 Å². The number of aryl methyl sites for hydroxylation is 1. The van der Waals surface area contributed by atoms with E-state index in [0.29, 0.717) is 6.04 Å². The summed E-state index contributed by atoms with van der Waals surface area (Å²) < 4.78 is 0. The molecule has 1 aromatic heterocycles. The Morgan fingerprint density at radius 1 is 1.31 bits per heavy atom. The van der Waals surface area contributed by atoms with Crippen LogP contribution in [0.15, 0.2) is 18.3 Å². The number of pyridine rings is 1. The molecule has 16 heavy (non-hydrogen) atoms. The number of hydrogen-bond acceptors (Lipinski definition) is 2. The molecule has 90 valence electrons. The zero-order valence-corrected chi connectivity index (χ0v) is 11.2. The summed E-state index contributed by atoms with van der Waals surface area (Å²) in [4.78, 5) is 4.37. The van der Waals surface area contributed by atoms with Gasteiger partial charge in [-0.2, -0.15) is 0 Å². The quantitative estimate of drug-likeness (QED) is 0.825. The third kappa shape index (κ3) is 3.93. The minimum absolute atomic E-state index is 0.197. The van der Waals surface area contributed by atoms with E-state index in [2.05, 4.69) is 50.1 Å². The third-order valence-corrected chi connectivity index (χ3v) is 3.00. The maximum Gasteiger partial charge on any atom is 0.0372 e. The van der Waals surface area contributed by atoms with Crippen molar-refractivity contribution in [2.75, 3.05) is 6.54 Å². The minimum atomic E-state index is 0.197. The Balaban J connectivity index is 2.59. The van der Waals surface area contributed by atoms with E-state index in [-0.39, 0.29) is 5.41 Å². The number of rotatable bonds is 5. The lowest BCUT2D eigenvalue weighted by Gasteiger charge is -2.25. The first-order valence-corrected chi connectivity index (χ1v) is 6.08. The lowest BCUT2D eigenvalue weighted by Crippen LogP contribution is -2.29. The van der Waals surface area contributed by atoms with Gasteiger partial charge in [0.05, 0.1) is 0 Å². The van der Waals surface area contributed by atoms with E-state index in [1.165, 1.54) is 5.56 Å². The monoisotopic (exact) mass is 220 g/mol. The van der Waals surface area contributed by atoms with Crippen LogP contribution in [0.25, 0.3) is 0 Å². The number of hydrogen-bond donors (Lipinski definition) is 1. The average Bonchev–Trinajstić information content (AvgIpc) is 2.17. The predicted molar refractivity (Wildman–Crippen MR) is 69.8 cm³/mol. The standard InChI is InChI=1S/C14H24N2/c1-11(2)15-9-8-14(4,5)13-7-6-12(3)16-10-13/h6-7,10-11,15H,8-9H2,1-5H3. The Morgan fingerprint density at radius 3 is 2.50 bits per heavy atom. The van der Waals surface area contributed by atoms with Crippen molar-refractivity contribution in [3.8, 4) is 0 Å². The van der Waals surface area contributed by atoms with E-state index >= 15 is 0 Å². The van der Waals surface area contributed by atoms with E-state index in [1.807, 2.05) is 13.1 Å². The number of aromatic nitrogens is 1. The summed E-state index contributed by atoms with van der Waals surface area (Å²) in [6.07, 6.45) is 3.14. The molecule has 0 bridgehead atoms. The molecular formula is C14H24N2. The fraction of sp³-hybridized carbons (Fsp3) is 0.643. The molecule has 1 rings (SSSR count). The van der Waals surface area contributed by atoms with Crippen LogP contribution in [0.2, 0.25) is 0 Å². The highest BCUT2D eigenvalue weighted by Gasteiger charge is 2.20. The van der Waals surface area contributed by atoms with E-state index in [9.17, 15) is 0 Å². The van der Waals surface area contributed by atoms with Crippen LogP contribution in [0.4, 0.5) is 0 Å². The van der Waals surface area contributed by atoms with Crippen molar-refractivity contribution in [2.24, 2.45) is 0 Å². The van der Waals surface area contributed by atoms with Crippen LogP contribution in [0, 0.1) is 6.92 Å². The Morgan fingerprint density at radius 2 is 2.00 bits per heavy atom. The molecule has 1 heterocycles. The molecule has 0 aliphatic carbocycles. The van der Waals surface area contributed by atoms with Crippen LogP contribution >= 0.6 is 0 Å². The molecule has 2 heteroatoms. The van der Waals surface area contributed by atoms with Crippen LogP contribution in [0.1, 0.15) is 45.4 Å². The van der Waals surface area contributed by atoms with Crippen LogP contribution in [-0.2, 0) is 5.41 Å². The third-order valence-electron chi connectivity index (χ3n) is 3.00. The van der Waals surface area contributed by atoms with E-state index in [0.717, 1.165) is 18.7 Å². The molecule has 0 aliphatic heterocycles. The highest BCUT2D eigenvalue weighted by atomic mass is 14.9. The van der Waals surface area contributed by atoms with Gasteiger partial charge in [-0.15, -0.1) is 0 Å². The molecular weight excluding hydrogens is 196 g/mol. The molecule has 0 unspecified atom stereocenters. The van der Waals surface area contributed by atoms with Gasteiger partial charge in [-0.25, -0.2) is 0 Å². The molecule has 0 spiro atoms. The van der Waals surface area contributed by atoms with Gasteiger partial charge >= 0.3 is 0 Å². The van der Waals surface area contributed by atoms with Crippen molar-refractivity contribution in [2.45, 2.75) is 52.5 Å². The van der Waals surface area contributed by atoms with Gasteiger partial charge in [0, 0.05) is 17.9 Å². The fourth-order valence-corrected chi connectivity index (χ4v) is 1.69. The molecule has 0 saturated heterocycles. The van der Waals surface area contributed by atoms with Gasteiger partial charge in [-0.05, 0) is 36.9 Å². The van der Waals surface area contributed by atoms with Crippen molar-refractivity contribution in [3.05, 3.63) is 29.6 Å². The fourth-order valence-electron chi connectivity index (χ4n) is 1.69. The zero-order valence-electron chi connectivity index (χ0n) is 11.2. The van der Waals surface area contributed by atoms with Crippen LogP contribution in [0.5, 0.6) is 0 Å². The molecule has 0 fully saturated rings. The molecule has 0 radical (unpaired) electrons. The Bertz CT molecular complexity index is 312. The SMILES string of the molecule is Cc1ccc(C(C)(C)CCNC(C)C)cn1. The summed E-state index contributed by atoms with van der Waals surface area (Å²) in [5.74, 6) is 0. The normalized spacial score (nSPS) is 12.1. The summed E-state index contributed by atoms with van der Waals surface area (Å²) in [6, 6.07) is 4.84. The molecule has 0 saturated carbocycles. The second-order valence-electron chi connectivity index (χ2n) is 5.43. The smallest absolute Gasteiger partial charge is 0.0372 e. The first kappa shape index (κ1) is 13.2. The molecule has 0 aromatic carbocycles. The second kappa shape index (κ2) is 5.44. The molecule has 0 atom stereocenters. The summed E-state index contributed by atoms with van der Waals surface area (Å²) in [6.45, 7) is 12.0. The first-order chi connectivity index (χ1) is 7.42. The predicted octanol–water partition coefficient (Wildman–Crippen LogP) is 3.06. The Hall–Kier alpha value is -0.890. The van der Waals surface area contributed by atoms with E-state index in [1.54, 1.807) is 0 Å². The van der Waals surface area contributed by atoms with Gasteiger partial charge in [0.25, 0.3) is 0 Å². The number of nitrogens with one attached hydrogen (secondary N) is 1. The van der Waals surface area contributed by atoms with Crippen molar-refractivity contribution in [1.29, 1.82) is 0 Å². The van der Waals surface area contributed by atoms with Gasteiger partial charge in [-0.3, -0.25) is 4.98 Å². The summed E-state index contributed by atoms with van der Waals surface area (Å²) >= 11 is 0. The Labute approximate surface area is 99.5 Å². The number of nitrogens with zero attached hydrogens (tertiary/aromatic N) is 1. The molecule has 0 amide bonds. The van der Waals surface area contributed by atoms with Crippen molar-refractivity contribution in [3.63, 3.8) is 0 Å². The van der Waals surface area contributed by atoms with Gasteiger partial charge < -0.3 is 5.32 Å². The second-order valence-corrected chi connectivity index (χ2v) is 5.43. The van der Waals surface area contributed by atoms with Crippen molar-refractivity contribution >= 4 is 0 Å². The minimum Gasteiger partial charge on any atom is -0.315 e. The summed E-state index contributed by atoms with van der Waals surface area (Å²) in [5.41, 5.74) is 2.60. The van der Waals surface area contributed by atoms with Gasteiger partial charge in [0.15, 0.2) is 0 Å². The van der Waals surface area contributed by atoms with E-state index < -0.39 is 0 Å². The van der Waals surface area contributed by atoms with Crippen LogP contribution in [0.3, 0.4) is 0 Å². The lowest BCUT2D eigenvalue weighted by molar-refractivity contribution is 0.440. The summed E-state index contributed by atoms with van der Waals surface area (Å²) in [5, 5.41) is 3.46. The highest BCUT2D eigenvalue weighted by molar-refractivity contribution is 5.21. The topological polar surface area (TPSA) is 24.9 Å². The first-order valence-electron chi connectivity index (χ1n) is 6.08. The zero-order chi connectivity index (χ0) is 12.2. The van der Waals surface area contributed by atoms with Crippen LogP contribution in [-0.4, -0.2) is 17.6 Å². The molecule has 1 N–H and O–H groups in total. The lowest BCUT2D eigenvalue weighted by atomic mass is 9.82. The van der Waals surface area contributed by atoms with Crippen molar-refractivity contribution < 1.29 is 0 Å². The van der Waals surface area contributed by atoms with Crippen molar-refractivity contribution in [1.82, 2.24) is 10.3 Å². The maximum absolute atomic E-state index is 4.37. The maximum atomic E-state index is 4.37.